The van der Waals surface area contributed by atoms with Crippen LogP contribution in [0.25, 0.3) is 0 Å². The third kappa shape index (κ3) is 6.03. The summed E-state index contributed by atoms with van der Waals surface area (Å²) in [6.07, 6.45) is 1.37. The average Bonchev–Trinajstić information content (AvgIpc) is 2.64. The Labute approximate surface area is 155 Å². The van der Waals surface area contributed by atoms with Gasteiger partial charge >= 0.3 is 0 Å². The van der Waals surface area contributed by atoms with Crippen LogP contribution in [0.5, 0.6) is 0 Å². The lowest BCUT2D eigenvalue weighted by molar-refractivity contribution is -0.645. The minimum absolute atomic E-state index is 0.0662. The van der Waals surface area contributed by atoms with Gasteiger partial charge in [0.15, 0.2) is 6.20 Å². The van der Waals surface area contributed by atoms with Crippen LogP contribution >= 0.6 is 11.8 Å². The van der Waals surface area contributed by atoms with E-state index in [4.69, 9.17) is 0 Å². The molecule has 0 aliphatic rings. The van der Waals surface area contributed by atoms with Crippen LogP contribution in [-0.4, -0.2) is 35.6 Å². The monoisotopic (exact) mass is 377 g/mol. The predicted molar refractivity (Wildman–Crippen MR) is 96.6 cm³/mol. The number of halogens is 1. The van der Waals surface area contributed by atoms with Crippen molar-refractivity contribution in [2.45, 2.75) is 18.5 Å². The molecule has 0 spiro atoms. The zero-order valence-corrected chi connectivity index (χ0v) is 15.2. The molecule has 0 fully saturated rings. The van der Waals surface area contributed by atoms with Crippen LogP contribution in [0.3, 0.4) is 0 Å². The maximum Gasteiger partial charge on any atom is 0.251 e. The summed E-state index contributed by atoms with van der Waals surface area (Å²) in [7, 11) is 0. The van der Waals surface area contributed by atoms with Crippen molar-refractivity contribution in [2.24, 2.45) is 0 Å². The summed E-state index contributed by atoms with van der Waals surface area (Å²) in [5.74, 6) is -0.782. The van der Waals surface area contributed by atoms with Gasteiger partial charge < -0.3 is 15.4 Å². The summed E-state index contributed by atoms with van der Waals surface area (Å²) >= 11 is 1.13. The summed E-state index contributed by atoms with van der Waals surface area (Å²) in [5.41, 5.74) is 0.772. The predicted octanol–water partition coefficient (Wildman–Crippen LogP) is 1.72. The highest BCUT2D eigenvalue weighted by Gasteiger charge is 2.17. The fourth-order valence-corrected chi connectivity index (χ4v) is 2.98. The molecular formula is C18H20FN3O3S. The molecule has 0 atom stereocenters. The Morgan fingerprint density at radius 2 is 1.96 bits per heavy atom. The fraction of sp³-hybridized carbons (Fsp3) is 0.278. The van der Waals surface area contributed by atoms with Gasteiger partial charge in [0.25, 0.3) is 5.03 Å². The molecule has 2 rings (SSSR count). The molecular weight excluding hydrogens is 357 g/mol. The van der Waals surface area contributed by atoms with Crippen molar-refractivity contribution in [1.29, 1.82) is 0 Å². The second kappa shape index (κ2) is 9.76. The van der Waals surface area contributed by atoms with Crippen molar-refractivity contribution in [3.63, 3.8) is 0 Å². The molecule has 1 N–H and O–H groups in total. The number of amides is 2. The van der Waals surface area contributed by atoms with Gasteiger partial charge in [0.2, 0.25) is 11.8 Å². The van der Waals surface area contributed by atoms with Crippen molar-refractivity contribution in [3.05, 3.63) is 65.2 Å². The zero-order valence-electron chi connectivity index (χ0n) is 14.4. The maximum atomic E-state index is 12.9. The molecule has 6 nitrogen and oxygen atoms in total. The highest BCUT2D eigenvalue weighted by molar-refractivity contribution is 7.99. The van der Waals surface area contributed by atoms with E-state index in [-0.39, 0.29) is 36.5 Å². The molecule has 0 saturated heterocycles. The molecule has 0 saturated carbocycles. The molecule has 0 unspecified atom stereocenters. The minimum Gasteiger partial charge on any atom is -0.618 e. The van der Waals surface area contributed by atoms with Gasteiger partial charge in [-0.05, 0) is 42.4 Å². The number of hydrogen-bond acceptors (Lipinski definition) is 4. The molecule has 8 heteroatoms. The van der Waals surface area contributed by atoms with Gasteiger partial charge in [0.1, 0.15) is 5.82 Å². The van der Waals surface area contributed by atoms with E-state index in [0.29, 0.717) is 16.3 Å². The molecule has 2 aromatic rings. The van der Waals surface area contributed by atoms with Gasteiger partial charge in [0.05, 0.1) is 12.3 Å². The lowest BCUT2D eigenvalue weighted by Crippen LogP contribution is -2.41. The van der Waals surface area contributed by atoms with E-state index in [0.717, 1.165) is 17.3 Å². The van der Waals surface area contributed by atoms with Gasteiger partial charge in [-0.15, -0.1) is 0 Å². The first-order valence-electron chi connectivity index (χ1n) is 8.09. The summed E-state index contributed by atoms with van der Waals surface area (Å²) in [6.45, 7) is 2.37. The molecule has 0 aliphatic carbocycles. The molecule has 1 aromatic carbocycles. The van der Waals surface area contributed by atoms with Crippen molar-refractivity contribution >= 4 is 23.6 Å². The van der Waals surface area contributed by atoms with Crippen molar-refractivity contribution in [1.82, 2.24) is 10.2 Å². The number of likely N-dealkylation sites (N-methyl/N-ethyl adjacent to an activating group) is 1. The number of carbonyl (C=O) groups is 2. The Hall–Kier alpha value is -2.61. The number of nitrogens with one attached hydrogen (secondary N) is 1. The maximum absolute atomic E-state index is 12.9. The Kier molecular flexibility index (Phi) is 7.40. The normalized spacial score (nSPS) is 10.4. The molecule has 2 amide bonds. The topological polar surface area (TPSA) is 76.4 Å². The summed E-state index contributed by atoms with van der Waals surface area (Å²) in [5, 5.41) is 14.7. The number of thioether (sulfide) groups is 1. The van der Waals surface area contributed by atoms with E-state index in [1.807, 2.05) is 0 Å². The van der Waals surface area contributed by atoms with Gasteiger partial charge in [-0.1, -0.05) is 12.1 Å². The smallest absolute Gasteiger partial charge is 0.251 e. The summed E-state index contributed by atoms with van der Waals surface area (Å²) in [6, 6.07) is 10.8. The Morgan fingerprint density at radius 3 is 2.62 bits per heavy atom. The average molecular weight is 377 g/mol. The lowest BCUT2D eigenvalue weighted by Gasteiger charge is -2.20. The number of nitrogens with zero attached hydrogens (tertiary/aromatic N) is 2. The molecule has 138 valence electrons. The first-order valence-corrected chi connectivity index (χ1v) is 9.08. The third-order valence-electron chi connectivity index (χ3n) is 3.60. The van der Waals surface area contributed by atoms with Crippen LogP contribution in [0, 0.1) is 11.0 Å². The van der Waals surface area contributed by atoms with E-state index >= 15 is 0 Å². The Balaban J connectivity index is 1.81. The highest BCUT2D eigenvalue weighted by Crippen LogP contribution is 2.13. The number of pyridine rings is 1. The Morgan fingerprint density at radius 1 is 1.23 bits per heavy atom. The van der Waals surface area contributed by atoms with E-state index in [1.165, 1.54) is 23.2 Å². The zero-order chi connectivity index (χ0) is 18.9. The van der Waals surface area contributed by atoms with Crippen molar-refractivity contribution < 1.29 is 18.7 Å². The molecule has 1 aromatic heterocycles. The largest absolute Gasteiger partial charge is 0.618 e. The van der Waals surface area contributed by atoms with Crippen molar-refractivity contribution in [3.8, 4) is 0 Å². The van der Waals surface area contributed by atoms with Crippen LogP contribution < -0.4 is 10.0 Å². The van der Waals surface area contributed by atoms with Crippen LogP contribution in [0.1, 0.15) is 12.5 Å². The van der Waals surface area contributed by atoms with E-state index < -0.39 is 0 Å². The van der Waals surface area contributed by atoms with Crippen LogP contribution in [0.15, 0.2) is 53.7 Å². The number of rotatable bonds is 8. The molecule has 0 aliphatic heterocycles. The summed E-state index contributed by atoms with van der Waals surface area (Å²) in [4.78, 5) is 25.7. The minimum atomic E-state index is -0.335. The summed E-state index contributed by atoms with van der Waals surface area (Å²) < 4.78 is 13.6. The number of carbonyl (C=O) groups excluding carboxylic acids is 2. The number of aromatic nitrogens is 1. The quantitative estimate of drug-likeness (QED) is 0.432. The van der Waals surface area contributed by atoms with Gasteiger partial charge in [-0.2, -0.15) is 4.73 Å². The van der Waals surface area contributed by atoms with Gasteiger partial charge in [-0.3, -0.25) is 9.59 Å². The lowest BCUT2D eigenvalue weighted by atomic mass is 10.2. The second-order valence-electron chi connectivity index (χ2n) is 5.46. The molecule has 0 bridgehead atoms. The molecule has 0 radical (unpaired) electrons. The van der Waals surface area contributed by atoms with E-state index in [1.54, 1.807) is 37.3 Å². The van der Waals surface area contributed by atoms with Gasteiger partial charge in [-0.25, -0.2) is 4.39 Å². The highest BCUT2D eigenvalue weighted by atomic mass is 32.2. The van der Waals surface area contributed by atoms with Crippen LogP contribution in [0.4, 0.5) is 4.39 Å². The molecule has 1 heterocycles. The van der Waals surface area contributed by atoms with Crippen LogP contribution in [0.2, 0.25) is 0 Å². The van der Waals surface area contributed by atoms with Crippen molar-refractivity contribution in [2.75, 3.05) is 18.8 Å². The van der Waals surface area contributed by atoms with Crippen LogP contribution in [-0.2, 0) is 16.1 Å². The second-order valence-corrected chi connectivity index (χ2v) is 6.46. The molecule has 26 heavy (non-hydrogen) atoms. The number of benzene rings is 1. The fourth-order valence-electron chi connectivity index (χ4n) is 2.16. The Bertz CT molecular complexity index is 756. The number of hydrogen-bond donors (Lipinski definition) is 1. The third-order valence-corrected chi connectivity index (χ3v) is 4.61. The SMILES string of the molecule is CCN(CC(=O)NCc1ccc(F)cc1)C(=O)CSc1cccc[n+]1[O-]. The van der Waals surface area contributed by atoms with E-state index in [2.05, 4.69) is 5.32 Å². The van der Waals surface area contributed by atoms with Gasteiger partial charge in [0, 0.05) is 25.2 Å². The van der Waals surface area contributed by atoms with E-state index in [9.17, 15) is 19.2 Å². The first-order chi connectivity index (χ1) is 12.5. The first kappa shape index (κ1) is 19.7. The standard InChI is InChI=1S/C18H20FN3O3S/c1-2-21(17(24)13-26-18-5-3-4-10-22(18)25)12-16(23)20-11-14-6-8-15(19)9-7-14/h3-10H,2,11-13H2,1H3,(H,20,23).